The molecule has 20 heavy (non-hydrogen) atoms. The fourth-order valence-corrected chi connectivity index (χ4v) is 2.94. The fraction of sp³-hybridized carbons (Fsp3) is 0.471. The van der Waals surface area contributed by atoms with Crippen LogP contribution in [0.2, 0.25) is 5.02 Å². The van der Waals surface area contributed by atoms with Crippen LogP contribution in [0.25, 0.3) is 0 Å². The van der Waals surface area contributed by atoms with Crippen LogP contribution in [0, 0.1) is 23.2 Å². The average molecular weight is 290 g/mol. The van der Waals surface area contributed by atoms with E-state index in [1.165, 1.54) is 12.0 Å². The number of allylic oxidation sites excluding steroid dienone is 1. The van der Waals surface area contributed by atoms with Crippen molar-refractivity contribution in [2.75, 3.05) is 0 Å². The Labute approximate surface area is 126 Å². The summed E-state index contributed by atoms with van der Waals surface area (Å²) >= 11 is 6.05. The van der Waals surface area contributed by atoms with E-state index in [-0.39, 0.29) is 6.10 Å². The summed E-state index contributed by atoms with van der Waals surface area (Å²) in [6.45, 7) is 8.39. The third kappa shape index (κ3) is 3.35. The summed E-state index contributed by atoms with van der Waals surface area (Å²) in [5.74, 6) is 1.82. The highest BCUT2D eigenvalue weighted by Crippen LogP contribution is 2.35. The van der Waals surface area contributed by atoms with Gasteiger partial charge in [0.25, 0.3) is 0 Å². The summed E-state index contributed by atoms with van der Waals surface area (Å²) in [6.07, 6.45) is 3.56. The second-order valence-corrected chi connectivity index (χ2v) is 6.15. The first-order valence-electron chi connectivity index (χ1n) is 7.03. The highest BCUT2D eigenvalue weighted by atomic mass is 35.5. The second-order valence-electron chi connectivity index (χ2n) is 5.74. The number of hydrogen-bond acceptors (Lipinski definition) is 2. The summed E-state index contributed by atoms with van der Waals surface area (Å²) in [5.41, 5.74) is 1.72. The van der Waals surface area contributed by atoms with Crippen molar-refractivity contribution in [2.45, 2.75) is 39.2 Å². The van der Waals surface area contributed by atoms with Crippen LogP contribution in [0.3, 0.4) is 0 Å². The van der Waals surface area contributed by atoms with Gasteiger partial charge in [0.1, 0.15) is 17.9 Å². The monoisotopic (exact) mass is 289 g/mol. The van der Waals surface area contributed by atoms with E-state index in [9.17, 15) is 0 Å². The van der Waals surface area contributed by atoms with Crippen molar-refractivity contribution in [2.24, 2.45) is 11.8 Å². The van der Waals surface area contributed by atoms with Gasteiger partial charge in [-0.1, -0.05) is 30.7 Å². The quantitative estimate of drug-likeness (QED) is 0.736. The average Bonchev–Trinajstić information content (AvgIpc) is 2.41. The van der Waals surface area contributed by atoms with Gasteiger partial charge in [-0.15, -0.1) is 0 Å². The SMILES string of the molecule is C=C(C)C1CCC(C)C(Oc2ccc(C#N)c(Cl)c2)C1. The van der Waals surface area contributed by atoms with E-state index in [2.05, 4.69) is 26.5 Å². The number of benzene rings is 1. The number of hydrogen-bond donors (Lipinski definition) is 0. The highest BCUT2D eigenvalue weighted by molar-refractivity contribution is 6.31. The Morgan fingerprint density at radius 1 is 1.45 bits per heavy atom. The van der Waals surface area contributed by atoms with Gasteiger partial charge in [0, 0.05) is 6.07 Å². The minimum Gasteiger partial charge on any atom is -0.490 e. The summed E-state index contributed by atoms with van der Waals surface area (Å²) < 4.78 is 6.09. The summed E-state index contributed by atoms with van der Waals surface area (Å²) in [4.78, 5) is 0. The van der Waals surface area contributed by atoms with Crippen molar-refractivity contribution >= 4 is 11.6 Å². The van der Waals surface area contributed by atoms with E-state index >= 15 is 0 Å². The normalized spacial score (nSPS) is 25.8. The molecular weight excluding hydrogens is 270 g/mol. The van der Waals surface area contributed by atoms with Crippen LogP contribution in [-0.4, -0.2) is 6.10 Å². The molecule has 3 atom stereocenters. The highest BCUT2D eigenvalue weighted by Gasteiger charge is 2.29. The molecule has 3 heteroatoms. The van der Waals surface area contributed by atoms with Crippen LogP contribution in [0.4, 0.5) is 0 Å². The van der Waals surface area contributed by atoms with E-state index in [1.54, 1.807) is 12.1 Å². The van der Waals surface area contributed by atoms with Crippen molar-refractivity contribution in [3.63, 3.8) is 0 Å². The van der Waals surface area contributed by atoms with E-state index in [1.807, 2.05) is 6.07 Å². The molecule has 3 unspecified atom stereocenters. The molecule has 1 fully saturated rings. The molecule has 1 aromatic carbocycles. The smallest absolute Gasteiger partial charge is 0.121 e. The van der Waals surface area contributed by atoms with Crippen LogP contribution >= 0.6 is 11.6 Å². The molecular formula is C17H20ClNO. The standard InChI is InChI=1S/C17H20ClNO/c1-11(2)13-5-4-12(3)17(8-13)20-15-7-6-14(10-19)16(18)9-15/h6-7,9,12-13,17H,1,4-5,8H2,2-3H3. The van der Waals surface area contributed by atoms with Crippen LogP contribution in [0.15, 0.2) is 30.4 Å². The molecule has 0 heterocycles. The van der Waals surface area contributed by atoms with Crippen molar-refractivity contribution < 1.29 is 4.74 Å². The molecule has 2 nitrogen and oxygen atoms in total. The predicted molar refractivity (Wildman–Crippen MR) is 81.9 cm³/mol. The molecule has 1 aromatic rings. The maximum absolute atomic E-state index is 8.88. The van der Waals surface area contributed by atoms with Crippen molar-refractivity contribution in [3.05, 3.63) is 40.9 Å². The fourth-order valence-electron chi connectivity index (χ4n) is 2.73. The van der Waals surface area contributed by atoms with Crippen LogP contribution in [0.5, 0.6) is 5.75 Å². The van der Waals surface area contributed by atoms with Crippen molar-refractivity contribution in [1.29, 1.82) is 5.26 Å². The summed E-state index contributed by atoms with van der Waals surface area (Å²) in [6, 6.07) is 7.32. The molecule has 0 saturated heterocycles. The molecule has 2 rings (SSSR count). The molecule has 0 aliphatic heterocycles. The number of ether oxygens (including phenoxy) is 1. The maximum Gasteiger partial charge on any atom is 0.121 e. The molecule has 1 aliphatic rings. The molecule has 0 bridgehead atoms. The maximum atomic E-state index is 8.88. The Morgan fingerprint density at radius 2 is 2.20 bits per heavy atom. The first-order chi connectivity index (χ1) is 9.51. The predicted octanol–water partition coefficient (Wildman–Crippen LogP) is 4.97. The lowest BCUT2D eigenvalue weighted by atomic mass is 9.78. The van der Waals surface area contributed by atoms with Gasteiger partial charge >= 0.3 is 0 Å². The lowest BCUT2D eigenvalue weighted by Gasteiger charge is -2.34. The summed E-state index contributed by atoms with van der Waals surface area (Å²) in [5, 5.41) is 9.33. The van der Waals surface area contributed by atoms with E-state index in [4.69, 9.17) is 21.6 Å². The first kappa shape index (κ1) is 14.9. The zero-order valence-corrected chi connectivity index (χ0v) is 12.8. The van der Waals surface area contributed by atoms with E-state index in [0.717, 1.165) is 18.6 Å². The molecule has 0 amide bonds. The zero-order chi connectivity index (χ0) is 14.7. The minimum atomic E-state index is 0.189. The molecule has 1 saturated carbocycles. The van der Waals surface area contributed by atoms with E-state index in [0.29, 0.717) is 22.4 Å². The molecule has 0 spiro atoms. The first-order valence-corrected chi connectivity index (χ1v) is 7.40. The lowest BCUT2D eigenvalue weighted by molar-refractivity contribution is 0.0832. The van der Waals surface area contributed by atoms with Crippen LogP contribution in [-0.2, 0) is 0 Å². The summed E-state index contributed by atoms with van der Waals surface area (Å²) in [7, 11) is 0. The largest absolute Gasteiger partial charge is 0.490 e. The molecule has 1 aliphatic carbocycles. The van der Waals surface area contributed by atoms with Gasteiger partial charge in [0.05, 0.1) is 10.6 Å². The second kappa shape index (κ2) is 6.33. The molecule has 0 radical (unpaired) electrons. The van der Waals surface area contributed by atoms with Crippen LogP contribution in [0.1, 0.15) is 38.7 Å². The minimum absolute atomic E-state index is 0.189. The molecule has 0 aromatic heterocycles. The Morgan fingerprint density at radius 3 is 2.80 bits per heavy atom. The van der Waals surface area contributed by atoms with Gasteiger partial charge in [-0.05, 0) is 50.2 Å². The van der Waals surface area contributed by atoms with Gasteiger partial charge in [-0.2, -0.15) is 5.26 Å². The Hall–Kier alpha value is -1.46. The zero-order valence-electron chi connectivity index (χ0n) is 12.0. The van der Waals surface area contributed by atoms with Crippen molar-refractivity contribution in [1.82, 2.24) is 0 Å². The lowest BCUT2D eigenvalue weighted by Crippen LogP contribution is -2.32. The number of halogens is 1. The van der Waals surface area contributed by atoms with Gasteiger partial charge in [-0.25, -0.2) is 0 Å². The topological polar surface area (TPSA) is 33.0 Å². The third-order valence-electron chi connectivity index (χ3n) is 4.17. The Kier molecular flexibility index (Phi) is 4.73. The number of rotatable bonds is 3. The molecule has 0 N–H and O–H groups in total. The third-order valence-corrected chi connectivity index (χ3v) is 4.48. The number of nitriles is 1. The van der Waals surface area contributed by atoms with Gasteiger partial charge in [0.2, 0.25) is 0 Å². The van der Waals surface area contributed by atoms with E-state index < -0.39 is 0 Å². The van der Waals surface area contributed by atoms with Crippen LogP contribution < -0.4 is 4.74 Å². The van der Waals surface area contributed by atoms with Gasteiger partial charge < -0.3 is 4.74 Å². The number of nitrogens with zero attached hydrogens (tertiary/aromatic N) is 1. The van der Waals surface area contributed by atoms with Gasteiger partial charge in [-0.3, -0.25) is 0 Å². The Bertz CT molecular complexity index is 546. The Balaban J connectivity index is 2.10. The molecule has 106 valence electrons. The van der Waals surface area contributed by atoms with Crippen molar-refractivity contribution in [3.8, 4) is 11.8 Å². The van der Waals surface area contributed by atoms with Gasteiger partial charge in [0.15, 0.2) is 0 Å².